The smallest absolute Gasteiger partial charge is 0.269 e. The zero-order valence-corrected chi connectivity index (χ0v) is 21.8. The van der Waals surface area contributed by atoms with Crippen LogP contribution in [0.5, 0.6) is 11.5 Å². The Hall–Kier alpha value is -3.59. The Morgan fingerprint density at radius 3 is 1.89 bits per heavy atom. The molecule has 0 radical (unpaired) electrons. The summed E-state index contributed by atoms with van der Waals surface area (Å²) in [6.45, 7) is 5.81. The molecule has 0 bridgehead atoms. The van der Waals surface area contributed by atoms with Crippen molar-refractivity contribution < 1.29 is 9.47 Å². The lowest BCUT2D eigenvalue weighted by atomic mass is 10.1. The number of benzene rings is 2. The van der Waals surface area contributed by atoms with Crippen molar-refractivity contribution in [2.75, 3.05) is 19.1 Å². The van der Waals surface area contributed by atoms with E-state index in [1.807, 2.05) is 54.6 Å². The normalized spacial score (nSPS) is 11.1. The maximum atomic E-state index is 6.14. The highest BCUT2D eigenvalue weighted by Gasteiger charge is 2.17. The Kier molecular flexibility index (Phi) is 8.78. The average Bonchev–Trinajstić information content (AvgIpc) is 3.48. The van der Waals surface area contributed by atoms with E-state index in [1.54, 1.807) is 4.68 Å². The van der Waals surface area contributed by atoms with Gasteiger partial charge in [0.15, 0.2) is 0 Å². The summed E-state index contributed by atoms with van der Waals surface area (Å²) in [7, 11) is 0. The zero-order chi connectivity index (χ0) is 25.3. The maximum Gasteiger partial charge on any atom is 0.269 e. The van der Waals surface area contributed by atoms with Gasteiger partial charge in [-0.25, -0.2) is 5.10 Å². The molecule has 3 N–H and O–H groups in total. The largest absolute Gasteiger partial charge is 0.494 e. The molecule has 0 atom stereocenters. The molecule has 0 saturated heterocycles. The van der Waals surface area contributed by atoms with Crippen molar-refractivity contribution in [2.45, 2.75) is 52.4 Å². The summed E-state index contributed by atoms with van der Waals surface area (Å²) < 4.78 is 15.1. The molecule has 0 aliphatic rings. The molecule has 0 aliphatic heterocycles. The van der Waals surface area contributed by atoms with E-state index in [0.29, 0.717) is 10.7 Å². The SMILES string of the molecule is CCCCCOc1ccc(-c2cc(-c3ccc(OCCCCC)cc3)n(-c3n[nH]c(=S)n3N)n2)cc1. The fraction of sp³-hybridized carbons (Fsp3) is 0.370. The van der Waals surface area contributed by atoms with Gasteiger partial charge in [0.25, 0.3) is 5.95 Å². The number of nitrogens with two attached hydrogens (primary N) is 1. The van der Waals surface area contributed by atoms with Gasteiger partial charge in [-0.2, -0.15) is 14.5 Å². The monoisotopic (exact) mass is 506 g/mol. The second kappa shape index (κ2) is 12.4. The minimum atomic E-state index is 0.313. The van der Waals surface area contributed by atoms with Gasteiger partial charge in [0.05, 0.1) is 24.6 Å². The first-order valence-corrected chi connectivity index (χ1v) is 13.0. The standard InChI is InChI=1S/C27H34N6O2S/c1-3-5-7-17-34-22-13-9-20(10-14-22)24-19-25(33(31-24)26-29-30-27(36)32(26)28)21-11-15-23(16-12-21)35-18-8-6-4-2/h9-16,19H,3-8,17-18,28H2,1-2H3,(H,30,36). The predicted molar refractivity (Wildman–Crippen MR) is 146 cm³/mol. The molecule has 2 heterocycles. The van der Waals surface area contributed by atoms with Crippen LogP contribution in [-0.4, -0.2) is 37.9 Å². The van der Waals surface area contributed by atoms with Crippen molar-refractivity contribution in [2.24, 2.45) is 0 Å². The van der Waals surface area contributed by atoms with Crippen LogP contribution in [0.4, 0.5) is 0 Å². The van der Waals surface area contributed by atoms with Crippen molar-refractivity contribution in [1.29, 1.82) is 0 Å². The second-order valence-electron chi connectivity index (χ2n) is 8.69. The molecule has 0 spiro atoms. The Bertz CT molecular complexity index is 1290. The van der Waals surface area contributed by atoms with Gasteiger partial charge in [0.1, 0.15) is 11.5 Å². The predicted octanol–water partition coefficient (Wildman–Crippen LogP) is 6.31. The highest BCUT2D eigenvalue weighted by Crippen LogP contribution is 2.30. The summed E-state index contributed by atoms with van der Waals surface area (Å²) in [5.74, 6) is 8.24. The van der Waals surface area contributed by atoms with Crippen LogP contribution in [0.25, 0.3) is 28.5 Å². The molecule has 9 heteroatoms. The topological polar surface area (TPSA) is 95.9 Å². The minimum absolute atomic E-state index is 0.313. The minimum Gasteiger partial charge on any atom is -0.494 e. The lowest BCUT2D eigenvalue weighted by Gasteiger charge is -2.08. The number of rotatable bonds is 13. The molecule has 4 rings (SSSR count). The van der Waals surface area contributed by atoms with Gasteiger partial charge in [0.2, 0.25) is 4.77 Å². The van der Waals surface area contributed by atoms with Crippen LogP contribution in [0, 0.1) is 4.77 Å². The molecule has 4 aromatic rings. The van der Waals surface area contributed by atoms with Crippen molar-refractivity contribution in [1.82, 2.24) is 24.7 Å². The number of aromatic nitrogens is 5. The number of hydrogen-bond donors (Lipinski definition) is 2. The third-order valence-corrected chi connectivity index (χ3v) is 6.21. The number of nitrogens with zero attached hydrogens (tertiary/aromatic N) is 4. The van der Waals surface area contributed by atoms with Crippen molar-refractivity contribution >= 4 is 12.2 Å². The third kappa shape index (κ3) is 6.15. The number of aromatic amines is 1. The Balaban J connectivity index is 1.60. The van der Waals surface area contributed by atoms with Crippen molar-refractivity contribution in [3.8, 4) is 40.0 Å². The van der Waals surface area contributed by atoms with Crippen molar-refractivity contribution in [3.63, 3.8) is 0 Å². The molecule has 8 nitrogen and oxygen atoms in total. The number of nitrogen functional groups attached to an aromatic ring is 1. The van der Waals surface area contributed by atoms with E-state index in [-0.39, 0.29) is 0 Å². The molecular formula is C27H34N6O2S. The van der Waals surface area contributed by atoms with Crippen LogP contribution in [0.15, 0.2) is 54.6 Å². The van der Waals surface area contributed by atoms with E-state index in [9.17, 15) is 0 Å². The molecule has 36 heavy (non-hydrogen) atoms. The van der Waals surface area contributed by atoms with Crippen LogP contribution in [0.2, 0.25) is 0 Å². The highest BCUT2D eigenvalue weighted by molar-refractivity contribution is 7.71. The van der Waals surface area contributed by atoms with Gasteiger partial charge in [-0.1, -0.05) is 39.5 Å². The maximum absolute atomic E-state index is 6.14. The third-order valence-electron chi connectivity index (χ3n) is 5.92. The molecule has 0 amide bonds. The summed E-state index contributed by atoms with van der Waals surface area (Å²) in [6.07, 6.45) is 6.79. The summed E-state index contributed by atoms with van der Waals surface area (Å²) in [6, 6.07) is 18.0. The van der Waals surface area contributed by atoms with E-state index < -0.39 is 0 Å². The number of ether oxygens (including phenoxy) is 2. The number of nitrogens with one attached hydrogen (secondary N) is 1. The van der Waals surface area contributed by atoms with Gasteiger partial charge >= 0.3 is 0 Å². The van der Waals surface area contributed by atoms with E-state index in [0.717, 1.165) is 60.1 Å². The fourth-order valence-electron chi connectivity index (χ4n) is 3.85. The summed E-state index contributed by atoms with van der Waals surface area (Å²) >= 11 is 5.22. The van der Waals surface area contributed by atoms with Crippen molar-refractivity contribution in [3.05, 3.63) is 59.4 Å². The molecule has 0 aliphatic carbocycles. The lowest BCUT2D eigenvalue weighted by Crippen LogP contribution is -2.16. The van der Waals surface area contributed by atoms with Crippen LogP contribution in [0.3, 0.4) is 0 Å². The van der Waals surface area contributed by atoms with E-state index in [4.69, 9.17) is 32.6 Å². The number of unbranched alkanes of at least 4 members (excludes halogenated alkanes) is 4. The van der Waals surface area contributed by atoms with Gasteiger partial charge < -0.3 is 15.3 Å². The molecule has 0 saturated carbocycles. The van der Waals surface area contributed by atoms with E-state index in [2.05, 4.69) is 24.0 Å². The Morgan fingerprint density at radius 1 is 0.833 bits per heavy atom. The highest BCUT2D eigenvalue weighted by atomic mass is 32.1. The van der Waals surface area contributed by atoms with Crippen LogP contribution in [-0.2, 0) is 0 Å². The van der Waals surface area contributed by atoms with E-state index >= 15 is 0 Å². The Labute approximate surface area is 217 Å². The first-order chi connectivity index (χ1) is 17.6. The summed E-state index contributed by atoms with van der Waals surface area (Å²) in [5.41, 5.74) is 3.54. The van der Waals surface area contributed by atoms with Crippen LogP contribution in [0.1, 0.15) is 52.4 Å². The lowest BCUT2D eigenvalue weighted by molar-refractivity contribution is 0.306. The van der Waals surface area contributed by atoms with Crippen LogP contribution < -0.4 is 15.3 Å². The van der Waals surface area contributed by atoms with Gasteiger partial charge in [-0.3, -0.25) is 0 Å². The first-order valence-electron chi connectivity index (χ1n) is 12.6. The molecule has 2 aromatic heterocycles. The van der Waals surface area contributed by atoms with E-state index in [1.165, 1.54) is 30.4 Å². The zero-order valence-electron chi connectivity index (χ0n) is 20.9. The van der Waals surface area contributed by atoms with Crippen LogP contribution >= 0.6 is 12.2 Å². The fourth-order valence-corrected chi connectivity index (χ4v) is 3.98. The molecular weight excluding hydrogens is 472 g/mol. The number of hydrogen-bond acceptors (Lipinski definition) is 6. The van der Waals surface area contributed by atoms with Gasteiger partial charge in [0, 0.05) is 11.1 Å². The summed E-state index contributed by atoms with van der Waals surface area (Å²) in [5, 5.41) is 11.9. The first kappa shape index (κ1) is 25.5. The molecule has 2 aromatic carbocycles. The molecule has 190 valence electrons. The van der Waals surface area contributed by atoms with Gasteiger partial charge in [-0.05, 0) is 79.7 Å². The molecule has 0 unspecified atom stereocenters. The average molecular weight is 507 g/mol. The van der Waals surface area contributed by atoms with Gasteiger partial charge in [-0.15, -0.1) is 5.10 Å². The summed E-state index contributed by atoms with van der Waals surface area (Å²) in [4.78, 5) is 0. The quantitative estimate of drug-likeness (QED) is 0.125. The number of H-pyrrole nitrogens is 1. The Morgan fingerprint density at radius 2 is 1.39 bits per heavy atom. The second-order valence-corrected chi connectivity index (χ2v) is 9.07. The molecule has 0 fully saturated rings.